The lowest BCUT2D eigenvalue weighted by Gasteiger charge is -2.11. The lowest BCUT2D eigenvalue weighted by Crippen LogP contribution is -2.07. The molecule has 0 saturated carbocycles. The van der Waals surface area contributed by atoms with Crippen molar-refractivity contribution in [3.63, 3.8) is 0 Å². The molecule has 0 aliphatic heterocycles. The van der Waals surface area contributed by atoms with E-state index in [1.165, 1.54) is 13.0 Å². The smallest absolute Gasteiger partial charge is 0.164 e. The van der Waals surface area contributed by atoms with Crippen molar-refractivity contribution >= 4 is 11.5 Å². The van der Waals surface area contributed by atoms with Crippen LogP contribution in [0.15, 0.2) is 79.3 Å². The fraction of sp³-hybridized carbons (Fsp3) is 0.0870. The molecule has 0 aliphatic rings. The number of rotatable bonds is 6. The van der Waals surface area contributed by atoms with Crippen molar-refractivity contribution in [3.8, 4) is 16.9 Å². The van der Waals surface area contributed by atoms with E-state index in [1.54, 1.807) is 24.5 Å². The maximum Gasteiger partial charge on any atom is 0.164 e. The molecule has 6 heteroatoms. The number of nitrogens with one attached hydrogen (secondary N) is 1. The summed E-state index contributed by atoms with van der Waals surface area (Å²) in [7, 11) is 0. The third-order valence-electron chi connectivity index (χ3n) is 4.60. The molecular weight excluding hydrogens is 367 g/mol. The zero-order valence-corrected chi connectivity index (χ0v) is 15.8. The number of carbonyl (C=O) groups excluding carboxylic acids is 1. The topological polar surface area (TPSA) is 59.8 Å². The molecule has 0 fully saturated rings. The Morgan fingerprint density at radius 3 is 2.52 bits per heavy atom. The predicted molar refractivity (Wildman–Crippen MR) is 111 cm³/mol. The molecule has 2 aromatic carbocycles. The molecule has 0 saturated heterocycles. The first kappa shape index (κ1) is 18.6. The summed E-state index contributed by atoms with van der Waals surface area (Å²) in [6, 6.07) is 18.2. The zero-order valence-electron chi connectivity index (χ0n) is 15.8. The van der Waals surface area contributed by atoms with Crippen molar-refractivity contribution in [2.75, 3.05) is 5.32 Å². The molecule has 2 heterocycles. The van der Waals surface area contributed by atoms with Gasteiger partial charge in [-0.15, -0.1) is 0 Å². The van der Waals surface area contributed by atoms with Gasteiger partial charge >= 0.3 is 0 Å². The van der Waals surface area contributed by atoms with Crippen molar-refractivity contribution in [2.24, 2.45) is 0 Å². The maximum absolute atomic E-state index is 14.1. The van der Waals surface area contributed by atoms with Gasteiger partial charge in [0.15, 0.2) is 5.78 Å². The molecule has 1 N–H and O–H groups in total. The molecule has 0 unspecified atom stereocenters. The van der Waals surface area contributed by atoms with Crippen LogP contribution in [0.25, 0.3) is 16.9 Å². The van der Waals surface area contributed by atoms with Crippen LogP contribution in [0, 0.1) is 5.82 Å². The SMILES string of the molecule is CC(=O)c1c(F)cccc1NCc1cn(-c2ccccc2)nc1-c1ccncc1. The normalized spacial score (nSPS) is 10.7. The van der Waals surface area contributed by atoms with E-state index in [-0.39, 0.29) is 11.3 Å². The summed E-state index contributed by atoms with van der Waals surface area (Å²) in [5.41, 5.74) is 4.10. The van der Waals surface area contributed by atoms with Gasteiger partial charge in [0.1, 0.15) is 5.82 Å². The van der Waals surface area contributed by atoms with Gasteiger partial charge in [-0.3, -0.25) is 9.78 Å². The van der Waals surface area contributed by atoms with Crippen LogP contribution in [-0.2, 0) is 6.54 Å². The Bertz CT molecular complexity index is 1140. The second kappa shape index (κ2) is 8.06. The quantitative estimate of drug-likeness (QED) is 0.480. The van der Waals surface area contributed by atoms with Gasteiger partial charge in [-0.2, -0.15) is 5.10 Å². The number of carbonyl (C=O) groups is 1. The Balaban J connectivity index is 1.71. The van der Waals surface area contributed by atoms with Crippen LogP contribution in [0.4, 0.5) is 10.1 Å². The fourth-order valence-corrected chi connectivity index (χ4v) is 3.22. The van der Waals surface area contributed by atoms with Crippen LogP contribution in [0.2, 0.25) is 0 Å². The highest BCUT2D eigenvalue weighted by atomic mass is 19.1. The molecule has 5 nitrogen and oxygen atoms in total. The van der Waals surface area contributed by atoms with Gasteiger partial charge in [-0.05, 0) is 43.3 Å². The summed E-state index contributed by atoms with van der Waals surface area (Å²) in [5.74, 6) is -0.850. The molecule has 0 atom stereocenters. The predicted octanol–water partition coefficient (Wildman–Crippen LogP) is 4.89. The van der Waals surface area contributed by atoms with Gasteiger partial charge in [0.2, 0.25) is 0 Å². The van der Waals surface area contributed by atoms with Crippen LogP contribution in [0.3, 0.4) is 0 Å². The van der Waals surface area contributed by atoms with Gasteiger partial charge in [-0.25, -0.2) is 9.07 Å². The van der Waals surface area contributed by atoms with E-state index < -0.39 is 5.82 Å². The first-order valence-electron chi connectivity index (χ1n) is 9.21. The third-order valence-corrected chi connectivity index (χ3v) is 4.60. The van der Waals surface area contributed by atoms with Gasteiger partial charge in [-0.1, -0.05) is 24.3 Å². The lowest BCUT2D eigenvalue weighted by atomic mass is 10.1. The van der Waals surface area contributed by atoms with Crippen molar-refractivity contribution in [1.82, 2.24) is 14.8 Å². The Morgan fingerprint density at radius 1 is 1.03 bits per heavy atom. The number of anilines is 1. The van der Waals surface area contributed by atoms with E-state index in [2.05, 4.69) is 10.3 Å². The van der Waals surface area contributed by atoms with Crippen molar-refractivity contribution in [3.05, 3.63) is 96.2 Å². The Labute approximate surface area is 167 Å². The summed E-state index contributed by atoms with van der Waals surface area (Å²) in [6.07, 6.45) is 5.37. The summed E-state index contributed by atoms with van der Waals surface area (Å²) >= 11 is 0. The number of pyridine rings is 1. The van der Waals surface area contributed by atoms with Gasteiger partial charge < -0.3 is 5.32 Å². The van der Waals surface area contributed by atoms with E-state index in [9.17, 15) is 9.18 Å². The number of nitrogens with zero attached hydrogens (tertiary/aromatic N) is 3. The highest BCUT2D eigenvalue weighted by Gasteiger charge is 2.15. The molecule has 0 bridgehead atoms. The molecule has 4 aromatic rings. The number of benzene rings is 2. The van der Waals surface area contributed by atoms with E-state index >= 15 is 0 Å². The largest absolute Gasteiger partial charge is 0.380 e. The molecule has 0 spiro atoms. The number of hydrogen-bond acceptors (Lipinski definition) is 4. The van der Waals surface area contributed by atoms with E-state index in [0.29, 0.717) is 12.2 Å². The average molecular weight is 386 g/mol. The fourth-order valence-electron chi connectivity index (χ4n) is 3.22. The first-order valence-corrected chi connectivity index (χ1v) is 9.21. The second-order valence-corrected chi connectivity index (χ2v) is 6.59. The van der Waals surface area contributed by atoms with Crippen molar-refractivity contribution in [1.29, 1.82) is 0 Å². The third kappa shape index (κ3) is 3.91. The molecule has 0 radical (unpaired) electrons. The number of halogens is 1. The Hall–Kier alpha value is -3.80. The molecular formula is C23H19FN4O. The maximum atomic E-state index is 14.1. The number of aromatic nitrogens is 3. The van der Waals surface area contributed by atoms with E-state index in [0.717, 1.165) is 22.5 Å². The van der Waals surface area contributed by atoms with E-state index in [4.69, 9.17) is 5.10 Å². The highest BCUT2D eigenvalue weighted by Crippen LogP contribution is 2.26. The summed E-state index contributed by atoms with van der Waals surface area (Å²) in [4.78, 5) is 15.9. The van der Waals surface area contributed by atoms with Gasteiger partial charge in [0, 0.05) is 41.9 Å². The van der Waals surface area contributed by atoms with Crippen LogP contribution in [-0.4, -0.2) is 20.5 Å². The number of ketones is 1. The summed E-state index contributed by atoms with van der Waals surface area (Å²) in [5, 5.41) is 7.94. The molecule has 0 amide bonds. The van der Waals surface area contributed by atoms with Crippen LogP contribution in [0.1, 0.15) is 22.8 Å². The lowest BCUT2D eigenvalue weighted by molar-refractivity contribution is 0.101. The minimum absolute atomic E-state index is 0.0633. The number of para-hydroxylation sites is 1. The molecule has 29 heavy (non-hydrogen) atoms. The van der Waals surface area contributed by atoms with Crippen LogP contribution >= 0.6 is 0 Å². The van der Waals surface area contributed by atoms with E-state index in [1.807, 2.05) is 53.3 Å². The molecule has 4 rings (SSSR count). The monoisotopic (exact) mass is 386 g/mol. The molecule has 2 aromatic heterocycles. The second-order valence-electron chi connectivity index (χ2n) is 6.59. The number of Topliss-reactive ketones (excluding diaryl/α,β-unsaturated/α-hetero) is 1. The van der Waals surface area contributed by atoms with Crippen LogP contribution in [0.5, 0.6) is 0 Å². The van der Waals surface area contributed by atoms with Gasteiger partial charge in [0.25, 0.3) is 0 Å². The number of hydrogen-bond donors (Lipinski definition) is 1. The average Bonchev–Trinajstić information content (AvgIpc) is 3.17. The van der Waals surface area contributed by atoms with Gasteiger partial charge in [0.05, 0.1) is 16.9 Å². The van der Waals surface area contributed by atoms with Crippen molar-refractivity contribution in [2.45, 2.75) is 13.5 Å². The summed E-state index contributed by atoms with van der Waals surface area (Å²) in [6.45, 7) is 1.74. The highest BCUT2D eigenvalue weighted by molar-refractivity contribution is 5.99. The molecule has 0 aliphatic carbocycles. The molecule has 144 valence electrons. The van der Waals surface area contributed by atoms with Crippen LogP contribution < -0.4 is 5.32 Å². The minimum Gasteiger partial charge on any atom is -0.380 e. The van der Waals surface area contributed by atoms with Crippen molar-refractivity contribution < 1.29 is 9.18 Å². The Morgan fingerprint density at radius 2 is 1.79 bits per heavy atom. The zero-order chi connectivity index (χ0) is 20.2. The standard InChI is InChI=1S/C23H19FN4O/c1-16(29)22-20(24)8-5-9-21(22)26-14-18-15-28(19-6-3-2-4-7-19)27-23(18)17-10-12-25-13-11-17/h2-13,15,26H,14H2,1H3. The minimum atomic E-state index is -0.531. The summed E-state index contributed by atoms with van der Waals surface area (Å²) < 4.78 is 15.9. The Kier molecular flexibility index (Phi) is 5.16. The first-order chi connectivity index (χ1) is 14.1.